The summed E-state index contributed by atoms with van der Waals surface area (Å²) < 4.78 is 16.4. The summed E-state index contributed by atoms with van der Waals surface area (Å²) in [5, 5.41) is 3.23. The predicted octanol–water partition coefficient (Wildman–Crippen LogP) is 4.13. The minimum Gasteiger partial charge on any atom is -0.359 e. The van der Waals surface area contributed by atoms with E-state index < -0.39 is 0 Å². The van der Waals surface area contributed by atoms with Crippen molar-refractivity contribution in [3.05, 3.63) is 100 Å². The third kappa shape index (κ3) is 3.08. The standard InChI is InChI=1S/C23H17FN4O/c1-14-9-18-10-15(6-7-20(18)27-14)16-4-5-17(19(24)11-16)13-28-21-3-2-8-25-23(21)26-12-22(28)29/h2-8,10-12,27H,1,9,13H2. The van der Waals surface area contributed by atoms with E-state index in [1.54, 1.807) is 24.4 Å². The lowest BCUT2D eigenvalue weighted by molar-refractivity contribution is 0.599. The Bertz CT molecular complexity index is 1340. The van der Waals surface area contributed by atoms with Crippen LogP contribution >= 0.6 is 0 Å². The van der Waals surface area contributed by atoms with E-state index in [0.29, 0.717) is 16.7 Å². The molecule has 0 amide bonds. The fraction of sp³-hybridized carbons (Fsp3) is 0.0870. The lowest BCUT2D eigenvalue weighted by Gasteiger charge is -2.11. The van der Waals surface area contributed by atoms with Gasteiger partial charge in [-0.2, -0.15) is 0 Å². The van der Waals surface area contributed by atoms with Gasteiger partial charge in [-0.15, -0.1) is 0 Å². The van der Waals surface area contributed by atoms with Crippen molar-refractivity contribution in [2.45, 2.75) is 13.0 Å². The van der Waals surface area contributed by atoms with Gasteiger partial charge in [0.25, 0.3) is 5.56 Å². The molecule has 142 valence electrons. The van der Waals surface area contributed by atoms with E-state index in [4.69, 9.17) is 0 Å². The van der Waals surface area contributed by atoms with Crippen LogP contribution in [0, 0.1) is 5.82 Å². The van der Waals surface area contributed by atoms with Crippen LogP contribution < -0.4 is 10.9 Å². The third-order valence-corrected chi connectivity index (χ3v) is 5.16. The Kier molecular flexibility index (Phi) is 3.98. The zero-order chi connectivity index (χ0) is 20.0. The molecule has 1 N–H and O–H groups in total. The van der Waals surface area contributed by atoms with Gasteiger partial charge in [0.15, 0.2) is 5.65 Å². The number of hydrogen-bond donors (Lipinski definition) is 1. The monoisotopic (exact) mass is 384 g/mol. The third-order valence-electron chi connectivity index (χ3n) is 5.16. The summed E-state index contributed by atoms with van der Waals surface area (Å²) in [6.07, 6.45) is 3.60. The van der Waals surface area contributed by atoms with Crippen LogP contribution in [0.15, 0.2) is 78.0 Å². The maximum atomic E-state index is 14.9. The predicted molar refractivity (Wildman–Crippen MR) is 111 cm³/mol. The smallest absolute Gasteiger partial charge is 0.269 e. The molecule has 5 nitrogen and oxygen atoms in total. The first-order chi connectivity index (χ1) is 14.1. The zero-order valence-electron chi connectivity index (χ0n) is 15.5. The Morgan fingerprint density at radius 2 is 1.93 bits per heavy atom. The first-order valence-electron chi connectivity index (χ1n) is 9.25. The number of allylic oxidation sites excluding steroid dienone is 1. The van der Waals surface area contributed by atoms with Crippen molar-refractivity contribution in [2.75, 3.05) is 5.32 Å². The number of aromatic nitrogens is 3. The topological polar surface area (TPSA) is 59.8 Å². The first kappa shape index (κ1) is 17.3. The van der Waals surface area contributed by atoms with E-state index in [9.17, 15) is 9.18 Å². The molecule has 0 fully saturated rings. The van der Waals surface area contributed by atoms with E-state index in [2.05, 4.69) is 27.9 Å². The van der Waals surface area contributed by atoms with Gasteiger partial charge >= 0.3 is 0 Å². The highest BCUT2D eigenvalue weighted by Gasteiger charge is 2.15. The fourth-order valence-corrected chi connectivity index (χ4v) is 3.70. The minimum absolute atomic E-state index is 0.115. The molecule has 0 saturated carbocycles. The molecule has 4 aromatic rings. The van der Waals surface area contributed by atoms with Crippen molar-refractivity contribution < 1.29 is 4.39 Å². The van der Waals surface area contributed by atoms with Gasteiger partial charge in [0.1, 0.15) is 5.82 Å². The number of nitrogens with zero attached hydrogens (tertiary/aromatic N) is 3. The molecule has 3 heterocycles. The molecule has 0 spiro atoms. The van der Waals surface area contributed by atoms with Crippen molar-refractivity contribution in [3.8, 4) is 11.1 Å². The van der Waals surface area contributed by atoms with Crippen LogP contribution in [-0.2, 0) is 13.0 Å². The Balaban J connectivity index is 1.50. The molecule has 0 atom stereocenters. The summed E-state index contributed by atoms with van der Waals surface area (Å²) in [6, 6.07) is 14.6. The number of nitrogens with one attached hydrogen (secondary N) is 1. The first-order valence-corrected chi connectivity index (χ1v) is 9.25. The van der Waals surface area contributed by atoms with Crippen LogP contribution in [0.5, 0.6) is 0 Å². The summed E-state index contributed by atoms with van der Waals surface area (Å²) in [6.45, 7) is 4.07. The highest BCUT2D eigenvalue weighted by Crippen LogP contribution is 2.32. The van der Waals surface area contributed by atoms with E-state index in [1.807, 2.05) is 18.2 Å². The van der Waals surface area contributed by atoms with Crippen LogP contribution in [0.4, 0.5) is 10.1 Å². The number of fused-ring (bicyclic) bond motifs is 2. The molecule has 0 unspecified atom stereocenters. The second-order valence-electron chi connectivity index (χ2n) is 7.11. The number of benzene rings is 2. The molecular formula is C23H17FN4O. The van der Waals surface area contributed by atoms with Gasteiger partial charge in [0.2, 0.25) is 0 Å². The highest BCUT2D eigenvalue weighted by atomic mass is 19.1. The summed E-state index contributed by atoms with van der Waals surface area (Å²) in [7, 11) is 0. The molecule has 2 aromatic heterocycles. The number of pyridine rings is 1. The SMILES string of the molecule is C=C1Cc2cc(-c3ccc(Cn4c(=O)cnc5ncccc54)c(F)c3)ccc2N1. The second kappa shape index (κ2) is 6.67. The van der Waals surface area contributed by atoms with Crippen LogP contribution in [0.2, 0.25) is 0 Å². The van der Waals surface area contributed by atoms with Crippen LogP contribution in [0.1, 0.15) is 11.1 Å². The van der Waals surface area contributed by atoms with E-state index in [0.717, 1.165) is 34.5 Å². The molecule has 1 aliphatic heterocycles. The molecule has 0 aliphatic carbocycles. The average molecular weight is 384 g/mol. The summed E-state index contributed by atoms with van der Waals surface area (Å²) in [4.78, 5) is 20.5. The Labute approximate surface area is 166 Å². The number of halogens is 1. The maximum Gasteiger partial charge on any atom is 0.269 e. The largest absolute Gasteiger partial charge is 0.359 e. The van der Waals surface area contributed by atoms with Crippen molar-refractivity contribution in [3.63, 3.8) is 0 Å². The van der Waals surface area contributed by atoms with Crippen molar-refractivity contribution in [1.29, 1.82) is 0 Å². The lowest BCUT2D eigenvalue weighted by Crippen LogP contribution is -2.21. The summed E-state index contributed by atoms with van der Waals surface area (Å²) in [5.41, 5.74) is 6.08. The van der Waals surface area contributed by atoms with Crippen molar-refractivity contribution in [1.82, 2.24) is 14.5 Å². The van der Waals surface area contributed by atoms with Gasteiger partial charge in [-0.1, -0.05) is 24.8 Å². The van der Waals surface area contributed by atoms with Crippen molar-refractivity contribution >= 4 is 16.9 Å². The van der Waals surface area contributed by atoms with E-state index in [-0.39, 0.29) is 17.9 Å². The summed E-state index contributed by atoms with van der Waals surface area (Å²) in [5.74, 6) is -0.355. The van der Waals surface area contributed by atoms with Gasteiger partial charge in [-0.3, -0.25) is 9.36 Å². The van der Waals surface area contributed by atoms with Crippen molar-refractivity contribution in [2.24, 2.45) is 0 Å². The Hall–Kier alpha value is -3.80. The summed E-state index contributed by atoms with van der Waals surface area (Å²) >= 11 is 0. The molecule has 0 bridgehead atoms. The van der Waals surface area contributed by atoms with Crippen LogP contribution in [-0.4, -0.2) is 14.5 Å². The fourth-order valence-electron chi connectivity index (χ4n) is 3.70. The molecule has 5 rings (SSSR count). The molecular weight excluding hydrogens is 367 g/mol. The van der Waals surface area contributed by atoms with Crippen LogP contribution in [0.25, 0.3) is 22.3 Å². The molecule has 2 aromatic carbocycles. The Morgan fingerprint density at radius 1 is 1.10 bits per heavy atom. The van der Waals surface area contributed by atoms with Gasteiger partial charge in [-0.05, 0) is 47.0 Å². The lowest BCUT2D eigenvalue weighted by atomic mass is 10.00. The van der Waals surface area contributed by atoms with Gasteiger partial charge in [-0.25, -0.2) is 14.4 Å². The van der Waals surface area contributed by atoms with E-state index >= 15 is 0 Å². The zero-order valence-corrected chi connectivity index (χ0v) is 15.5. The quantitative estimate of drug-likeness (QED) is 0.577. The molecule has 29 heavy (non-hydrogen) atoms. The molecule has 1 aliphatic rings. The van der Waals surface area contributed by atoms with Gasteiger partial charge in [0, 0.05) is 29.6 Å². The molecule has 6 heteroatoms. The average Bonchev–Trinajstić information content (AvgIpc) is 3.10. The normalized spacial score (nSPS) is 12.8. The molecule has 0 saturated heterocycles. The number of anilines is 1. The highest BCUT2D eigenvalue weighted by molar-refractivity contribution is 5.72. The number of hydrogen-bond acceptors (Lipinski definition) is 4. The maximum absolute atomic E-state index is 14.9. The minimum atomic E-state index is -0.355. The van der Waals surface area contributed by atoms with Crippen LogP contribution in [0.3, 0.4) is 0 Å². The second-order valence-corrected chi connectivity index (χ2v) is 7.11. The van der Waals surface area contributed by atoms with Gasteiger partial charge in [0.05, 0.1) is 18.3 Å². The number of rotatable bonds is 3. The molecule has 0 radical (unpaired) electrons. The van der Waals surface area contributed by atoms with E-state index in [1.165, 1.54) is 16.8 Å². The Morgan fingerprint density at radius 3 is 2.79 bits per heavy atom. The van der Waals surface area contributed by atoms with Gasteiger partial charge < -0.3 is 5.32 Å².